The monoisotopic (exact) mass is 436 g/mol. The number of rotatable bonds is 5. The number of nitrogens with one attached hydrogen (secondary N) is 1. The molecule has 0 bridgehead atoms. The van der Waals surface area contributed by atoms with Gasteiger partial charge < -0.3 is 14.8 Å². The minimum Gasteiger partial charge on any atom is -0.508 e. The highest BCUT2D eigenvalue weighted by Crippen LogP contribution is 2.29. The van der Waals surface area contributed by atoms with E-state index in [1.807, 2.05) is 28.8 Å². The Morgan fingerprint density at radius 2 is 1.88 bits per heavy atom. The largest absolute Gasteiger partial charge is 0.508 e. The predicted molar refractivity (Wildman–Crippen MR) is 128 cm³/mol. The molecule has 0 atom stereocenters. The van der Waals surface area contributed by atoms with Crippen LogP contribution in [0.1, 0.15) is 27.2 Å². The van der Waals surface area contributed by atoms with Crippen LogP contribution in [0, 0.1) is 12.3 Å². The number of hydrogen-bond donors (Lipinski definition) is 2. The van der Waals surface area contributed by atoms with Crippen molar-refractivity contribution in [2.75, 3.05) is 13.1 Å². The second-order valence-electron chi connectivity index (χ2n) is 8.22. The lowest BCUT2D eigenvalue weighted by molar-refractivity contribution is 0.0958. The maximum atomic E-state index is 12.5. The van der Waals surface area contributed by atoms with Crippen LogP contribution in [0.4, 0.5) is 0 Å². The third-order valence-corrected chi connectivity index (χ3v) is 6.05. The molecule has 33 heavy (non-hydrogen) atoms. The molecule has 164 valence electrons. The van der Waals surface area contributed by atoms with Crippen LogP contribution in [-0.4, -0.2) is 38.4 Å². The molecular weight excluding hydrogens is 412 g/mol. The molecule has 2 aromatic carbocycles. The summed E-state index contributed by atoms with van der Waals surface area (Å²) in [4.78, 5) is 19.8. The highest BCUT2D eigenvalue weighted by Gasteiger charge is 2.21. The van der Waals surface area contributed by atoms with Crippen LogP contribution in [0.2, 0.25) is 0 Å². The topological polar surface area (TPSA) is 69.9 Å². The van der Waals surface area contributed by atoms with Crippen molar-refractivity contribution in [1.29, 1.82) is 0 Å². The SMILES string of the molecule is C#CCNC(=O)c1ccc2nc(-c3ccc(O)cc3)c(CN3CCc4ccccc4C3)n2c1. The fourth-order valence-electron chi connectivity index (χ4n) is 4.36. The van der Waals surface area contributed by atoms with E-state index >= 15 is 0 Å². The summed E-state index contributed by atoms with van der Waals surface area (Å²) in [5, 5.41) is 12.5. The quantitative estimate of drug-likeness (QED) is 0.469. The molecule has 6 heteroatoms. The van der Waals surface area contributed by atoms with E-state index < -0.39 is 0 Å². The number of phenols is 1. The van der Waals surface area contributed by atoms with Gasteiger partial charge in [0.05, 0.1) is 23.5 Å². The van der Waals surface area contributed by atoms with Crippen molar-refractivity contribution in [3.05, 3.63) is 89.2 Å². The third kappa shape index (κ3) is 4.19. The predicted octanol–water partition coefficient (Wildman–Crippen LogP) is 3.63. The minimum atomic E-state index is -0.215. The van der Waals surface area contributed by atoms with Crippen LogP contribution in [-0.2, 0) is 19.5 Å². The molecule has 5 rings (SSSR count). The first-order valence-electron chi connectivity index (χ1n) is 10.9. The van der Waals surface area contributed by atoms with Gasteiger partial charge in [0, 0.05) is 31.4 Å². The molecule has 0 saturated carbocycles. The zero-order chi connectivity index (χ0) is 22.8. The Balaban J connectivity index is 1.56. The summed E-state index contributed by atoms with van der Waals surface area (Å²) in [6.45, 7) is 2.67. The van der Waals surface area contributed by atoms with Crippen LogP contribution < -0.4 is 5.32 Å². The number of nitrogens with zero attached hydrogens (tertiary/aromatic N) is 3. The minimum absolute atomic E-state index is 0.180. The second kappa shape index (κ2) is 8.81. The molecule has 1 amide bonds. The van der Waals surface area contributed by atoms with E-state index in [4.69, 9.17) is 11.4 Å². The molecule has 1 aliphatic rings. The van der Waals surface area contributed by atoms with Crippen molar-refractivity contribution < 1.29 is 9.90 Å². The van der Waals surface area contributed by atoms with Crippen molar-refractivity contribution in [3.8, 4) is 29.4 Å². The third-order valence-electron chi connectivity index (χ3n) is 6.05. The summed E-state index contributed by atoms with van der Waals surface area (Å²) in [6.07, 6.45) is 8.11. The summed E-state index contributed by atoms with van der Waals surface area (Å²) in [6, 6.07) is 19.2. The van der Waals surface area contributed by atoms with Crippen molar-refractivity contribution >= 4 is 11.6 Å². The number of aromatic hydroxyl groups is 1. The lowest BCUT2D eigenvalue weighted by Crippen LogP contribution is -2.30. The fourth-order valence-corrected chi connectivity index (χ4v) is 4.36. The number of phenolic OH excluding ortho intramolecular Hbond substituents is 1. The number of fused-ring (bicyclic) bond motifs is 2. The molecule has 2 N–H and O–H groups in total. The zero-order valence-electron chi connectivity index (χ0n) is 18.2. The van der Waals surface area contributed by atoms with E-state index in [2.05, 4.69) is 40.4 Å². The molecule has 0 unspecified atom stereocenters. The van der Waals surface area contributed by atoms with Crippen LogP contribution in [0.3, 0.4) is 0 Å². The lowest BCUT2D eigenvalue weighted by Gasteiger charge is -2.28. The number of imidazole rings is 1. The fraction of sp³-hybridized carbons (Fsp3) is 0.185. The molecule has 2 aromatic heterocycles. The number of benzene rings is 2. The molecule has 0 saturated heterocycles. The molecule has 4 aromatic rings. The van der Waals surface area contributed by atoms with Gasteiger partial charge in [-0.2, -0.15) is 0 Å². The Labute approximate surface area is 192 Å². The summed E-state index contributed by atoms with van der Waals surface area (Å²) in [5.41, 5.74) is 6.80. The van der Waals surface area contributed by atoms with Crippen molar-refractivity contribution in [2.45, 2.75) is 19.5 Å². The Morgan fingerprint density at radius 3 is 2.67 bits per heavy atom. The van der Waals surface area contributed by atoms with E-state index in [0.29, 0.717) is 12.1 Å². The van der Waals surface area contributed by atoms with E-state index in [1.54, 1.807) is 18.2 Å². The summed E-state index contributed by atoms with van der Waals surface area (Å²) >= 11 is 0. The Hall–Kier alpha value is -4.08. The van der Waals surface area contributed by atoms with Gasteiger partial charge in [0.25, 0.3) is 5.91 Å². The molecule has 3 heterocycles. The van der Waals surface area contributed by atoms with Crippen LogP contribution >= 0.6 is 0 Å². The van der Waals surface area contributed by atoms with E-state index in [0.717, 1.165) is 42.1 Å². The average molecular weight is 437 g/mol. The van der Waals surface area contributed by atoms with Crippen molar-refractivity contribution in [3.63, 3.8) is 0 Å². The van der Waals surface area contributed by atoms with Gasteiger partial charge in [0.2, 0.25) is 0 Å². The van der Waals surface area contributed by atoms with Crippen LogP contribution in [0.25, 0.3) is 16.9 Å². The smallest absolute Gasteiger partial charge is 0.253 e. The standard InChI is InChI=1S/C27H24N4O2/c1-2-14-28-27(33)22-9-12-25-29-26(20-7-10-23(32)11-8-20)24(31(25)17-22)18-30-15-13-19-5-3-4-6-21(19)16-30/h1,3-12,17,32H,13-16,18H2,(H,28,33). The van der Waals surface area contributed by atoms with Crippen LogP contribution in [0.5, 0.6) is 5.75 Å². The normalized spacial score (nSPS) is 13.4. The molecule has 0 spiro atoms. The van der Waals surface area contributed by atoms with Gasteiger partial charge >= 0.3 is 0 Å². The van der Waals surface area contributed by atoms with E-state index in [-0.39, 0.29) is 18.2 Å². The Kier molecular flexibility index (Phi) is 5.55. The first kappa shape index (κ1) is 20.8. The number of aromatic nitrogens is 2. The molecule has 0 radical (unpaired) electrons. The molecule has 0 fully saturated rings. The first-order valence-corrected chi connectivity index (χ1v) is 10.9. The van der Waals surface area contributed by atoms with Gasteiger partial charge in [-0.1, -0.05) is 30.2 Å². The van der Waals surface area contributed by atoms with E-state index in [1.165, 1.54) is 11.1 Å². The van der Waals surface area contributed by atoms with Crippen molar-refractivity contribution in [2.24, 2.45) is 0 Å². The van der Waals surface area contributed by atoms with Gasteiger partial charge in [-0.25, -0.2) is 4.98 Å². The maximum absolute atomic E-state index is 12.5. The second-order valence-corrected chi connectivity index (χ2v) is 8.22. The first-order chi connectivity index (χ1) is 16.1. The number of pyridine rings is 1. The van der Waals surface area contributed by atoms with E-state index in [9.17, 15) is 9.90 Å². The Morgan fingerprint density at radius 1 is 1.09 bits per heavy atom. The summed E-state index contributed by atoms with van der Waals surface area (Å²) in [7, 11) is 0. The highest BCUT2D eigenvalue weighted by atomic mass is 16.3. The molecule has 6 nitrogen and oxygen atoms in total. The number of carbonyl (C=O) groups is 1. The van der Waals surface area contributed by atoms with Gasteiger partial charge in [-0.3, -0.25) is 9.69 Å². The number of hydrogen-bond acceptors (Lipinski definition) is 4. The van der Waals surface area contributed by atoms with Crippen LogP contribution in [0.15, 0.2) is 66.9 Å². The van der Waals surface area contributed by atoms with Gasteiger partial charge in [0.15, 0.2) is 0 Å². The highest BCUT2D eigenvalue weighted by molar-refractivity contribution is 5.94. The average Bonchev–Trinajstić information content (AvgIpc) is 3.20. The number of carbonyl (C=O) groups excluding carboxylic acids is 1. The maximum Gasteiger partial charge on any atom is 0.253 e. The Bertz CT molecular complexity index is 1370. The van der Waals surface area contributed by atoms with Gasteiger partial charge in [-0.15, -0.1) is 6.42 Å². The lowest BCUT2D eigenvalue weighted by atomic mass is 9.99. The molecular formula is C27H24N4O2. The van der Waals surface area contributed by atoms with Gasteiger partial charge in [-0.05, 0) is 53.9 Å². The summed E-state index contributed by atoms with van der Waals surface area (Å²) < 4.78 is 1.99. The molecule has 1 aliphatic heterocycles. The molecule has 0 aliphatic carbocycles. The number of terminal acetylenes is 1. The number of amides is 1. The van der Waals surface area contributed by atoms with Gasteiger partial charge in [0.1, 0.15) is 11.4 Å². The van der Waals surface area contributed by atoms with Crippen molar-refractivity contribution in [1.82, 2.24) is 19.6 Å². The zero-order valence-corrected chi connectivity index (χ0v) is 18.2. The summed E-state index contributed by atoms with van der Waals surface area (Å²) in [5.74, 6) is 2.43.